The van der Waals surface area contributed by atoms with Gasteiger partial charge >= 0.3 is 0 Å². The fourth-order valence-corrected chi connectivity index (χ4v) is 3.13. The zero-order valence-corrected chi connectivity index (χ0v) is 15.9. The second-order valence-corrected chi connectivity index (χ2v) is 6.68. The Balaban J connectivity index is 2.09. The predicted octanol–water partition coefficient (Wildman–Crippen LogP) is 4.99. The maximum absolute atomic E-state index is 12.2. The van der Waals surface area contributed by atoms with Gasteiger partial charge in [0.1, 0.15) is 0 Å². The maximum atomic E-state index is 12.2. The van der Waals surface area contributed by atoms with E-state index in [-0.39, 0.29) is 24.8 Å². The maximum Gasteiger partial charge on any atom is 0.226 e. The highest BCUT2D eigenvalue weighted by Crippen LogP contribution is 2.27. The molecule has 2 aromatic carbocycles. The zero-order valence-electron chi connectivity index (χ0n) is 14.4. The van der Waals surface area contributed by atoms with Crippen LogP contribution in [-0.2, 0) is 9.59 Å². The number of para-hydroxylation sites is 1. The van der Waals surface area contributed by atoms with Crippen LogP contribution in [-0.4, -0.2) is 18.4 Å². The van der Waals surface area contributed by atoms with E-state index in [1.165, 1.54) is 6.92 Å². The van der Waals surface area contributed by atoms with Crippen molar-refractivity contribution >= 4 is 46.4 Å². The quantitative estimate of drug-likeness (QED) is 0.796. The van der Waals surface area contributed by atoms with Crippen molar-refractivity contribution < 1.29 is 9.59 Å². The molecule has 0 saturated heterocycles. The lowest BCUT2D eigenvalue weighted by molar-refractivity contribution is -0.117. The number of hydrogen-bond acceptors (Lipinski definition) is 2. The van der Waals surface area contributed by atoms with E-state index in [1.807, 2.05) is 32.0 Å². The number of rotatable bonds is 5. The molecular formula is C19H20Cl2N2O2. The summed E-state index contributed by atoms with van der Waals surface area (Å²) in [6, 6.07) is 10.7. The van der Waals surface area contributed by atoms with Crippen molar-refractivity contribution in [2.24, 2.45) is 0 Å². The Bertz CT molecular complexity index is 786. The first-order valence-corrected chi connectivity index (χ1v) is 8.64. The molecule has 25 heavy (non-hydrogen) atoms. The first-order valence-electron chi connectivity index (χ1n) is 7.89. The molecule has 6 heteroatoms. The normalized spacial score (nSPS) is 10.4. The van der Waals surface area contributed by atoms with E-state index >= 15 is 0 Å². The van der Waals surface area contributed by atoms with Crippen molar-refractivity contribution in [3.8, 4) is 0 Å². The molecule has 2 amide bonds. The molecule has 2 rings (SSSR count). The molecule has 0 aliphatic heterocycles. The van der Waals surface area contributed by atoms with E-state index in [0.29, 0.717) is 15.7 Å². The summed E-state index contributed by atoms with van der Waals surface area (Å²) >= 11 is 11.9. The molecule has 2 aromatic rings. The van der Waals surface area contributed by atoms with Gasteiger partial charge in [0.25, 0.3) is 0 Å². The second-order valence-electron chi connectivity index (χ2n) is 5.83. The summed E-state index contributed by atoms with van der Waals surface area (Å²) < 4.78 is 0. The van der Waals surface area contributed by atoms with Gasteiger partial charge in [0.2, 0.25) is 11.8 Å². The number of aryl methyl sites for hydroxylation is 2. The summed E-state index contributed by atoms with van der Waals surface area (Å²) in [6.07, 6.45) is 0.159. The molecule has 0 heterocycles. The van der Waals surface area contributed by atoms with Gasteiger partial charge in [-0.1, -0.05) is 41.4 Å². The van der Waals surface area contributed by atoms with Crippen molar-refractivity contribution in [1.29, 1.82) is 0 Å². The summed E-state index contributed by atoms with van der Waals surface area (Å²) in [6.45, 7) is 5.69. The molecule has 1 N–H and O–H groups in total. The van der Waals surface area contributed by atoms with Gasteiger partial charge in [-0.25, -0.2) is 0 Å². The fraction of sp³-hybridized carbons (Fsp3) is 0.263. The van der Waals surface area contributed by atoms with Crippen LogP contribution in [0, 0.1) is 13.8 Å². The molecule has 132 valence electrons. The van der Waals surface area contributed by atoms with Gasteiger partial charge in [0.05, 0.1) is 10.7 Å². The van der Waals surface area contributed by atoms with E-state index in [2.05, 4.69) is 5.32 Å². The van der Waals surface area contributed by atoms with Crippen molar-refractivity contribution in [3.63, 3.8) is 0 Å². The molecule has 0 unspecified atom stereocenters. The monoisotopic (exact) mass is 378 g/mol. The van der Waals surface area contributed by atoms with E-state index in [1.54, 1.807) is 23.1 Å². The molecule has 0 fully saturated rings. The third kappa shape index (κ3) is 4.97. The Morgan fingerprint density at radius 1 is 1.08 bits per heavy atom. The summed E-state index contributed by atoms with van der Waals surface area (Å²) in [5.74, 6) is -0.323. The Hall–Kier alpha value is -2.04. The Morgan fingerprint density at radius 2 is 1.72 bits per heavy atom. The standard InChI is InChI=1S/C19H20Cl2N2O2/c1-12-5-4-6-13(2)19(12)23(14(3)24)10-9-18(25)22-17-8-7-15(20)11-16(17)21/h4-8,11H,9-10H2,1-3H3,(H,22,25). The SMILES string of the molecule is CC(=O)N(CCC(=O)Nc1ccc(Cl)cc1Cl)c1c(C)cccc1C. The first kappa shape index (κ1) is 19.3. The van der Waals surface area contributed by atoms with Crippen LogP contribution in [0.25, 0.3) is 0 Å². The van der Waals surface area contributed by atoms with Gasteiger partial charge in [-0.2, -0.15) is 0 Å². The lowest BCUT2D eigenvalue weighted by Gasteiger charge is -2.25. The number of hydrogen-bond donors (Lipinski definition) is 1. The number of amides is 2. The molecule has 0 spiro atoms. The van der Waals surface area contributed by atoms with Crippen LogP contribution in [0.1, 0.15) is 24.5 Å². The van der Waals surface area contributed by atoms with Crippen molar-refractivity contribution in [1.82, 2.24) is 0 Å². The van der Waals surface area contributed by atoms with Gasteiger partial charge < -0.3 is 10.2 Å². The minimum atomic E-state index is -0.221. The molecule has 4 nitrogen and oxygen atoms in total. The minimum Gasteiger partial charge on any atom is -0.325 e. The molecule has 0 saturated carbocycles. The van der Waals surface area contributed by atoms with E-state index in [4.69, 9.17) is 23.2 Å². The third-order valence-electron chi connectivity index (χ3n) is 3.86. The number of anilines is 2. The van der Waals surface area contributed by atoms with E-state index in [9.17, 15) is 9.59 Å². The molecule has 0 aliphatic carbocycles. The van der Waals surface area contributed by atoms with Crippen LogP contribution in [0.3, 0.4) is 0 Å². The summed E-state index contributed by atoms with van der Waals surface area (Å²) in [5, 5.41) is 3.62. The summed E-state index contributed by atoms with van der Waals surface area (Å²) in [7, 11) is 0. The van der Waals surface area contributed by atoms with Crippen LogP contribution in [0.4, 0.5) is 11.4 Å². The number of nitrogens with zero attached hydrogens (tertiary/aromatic N) is 1. The number of carbonyl (C=O) groups is 2. The molecular weight excluding hydrogens is 359 g/mol. The molecule has 0 radical (unpaired) electrons. The zero-order chi connectivity index (χ0) is 18.6. The van der Waals surface area contributed by atoms with Crippen LogP contribution in [0.2, 0.25) is 10.0 Å². The highest BCUT2D eigenvalue weighted by Gasteiger charge is 2.17. The lowest BCUT2D eigenvalue weighted by atomic mass is 10.1. The molecule has 0 bridgehead atoms. The largest absolute Gasteiger partial charge is 0.325 e. The highest BCUT2D eigenvalue weighted by molar-refractivity contribution is 6.36. The lowest BCUT2D eigenvalue weighted by Crippen LogP contribution is -2.33. The average molecular weight is 379 g/mol. The molecule has 0 aromatic heterocycles. The number of benzene rings is 2. The van der Waals surface area contributed by atoms with Gasteiger partial charge in [-0.15, -0.1) is 0 Å². The van der Waals surface area contributed by atoms with Crippen LogP contribution in [0.15, 0.2) is 36.4 Å². The molecule has 0 aliphatic rings. The van der Waals surface area contributed by atoms with E-state index in [0.717, 1.165) is 16.8 Å². The molecule has 0 atom stereocenters. The predicted molar refractivity (Wildman–Crippen MR) is 104 cm³/mol. The Kier molecular flexibility index (Phi) is 6.45. The van der Waals surface area contributed by atoms with Gasteiger partial charge in [-0.3, -0.25) is 9.59 Å². The van der Waals surface area contributed by atoms with Crippen molar-refractivity contribution in [2.75, 3.05) is 16.8 Å². The second kappa shape index (κ2) is 8.37. The van der Waals surface area contributed by atoms with Crippen molar-refractivity contribution in [3.05, 3.63) is 57.6 Å². The third-order valence-corrected chi connectivity index (χ3v) is 4.41. The van der Waals surface area contributed by atoms with Crippen LogP contribution < -0.4 is 10.2 Å². The smallest absolute Gasteiger partial charge is 0.226 e. The van der Waals surface area contributed by atoms with Crippen LogP contribution in [0.5, 0.6) is 0 Å². The van der Waals surface area contributed by atoms with Gasteiger partial charge in [0, 0.05) is 30.6 Å². The fourth-order valence-electron chi connectivity index (χ4n) is 2.68. The number of halogens is 2. The van der Waals surface area contributed by atoms with Gasteiger partial charge in [-0.05, 0) is 43.2 Å². The topological polar surface area (TPSA) is 49.4 Å². The van der Waals surface area contributed by atoms with Crippen LogP contribution >= 0.6 is 23.2 Å². The Labute approximate surface area is 157 Å². The van der Waals surface area contributed by atoms with Crippen molar-refractivity contribution in [2.45, 2.75) is 27.2 Å². The summed E-state index contributed by atoms with van der Waals surface area (Å²) in [5.41, 5.74) is 3.34. The number of carbonyl (C=O) groups excluding carboxylic acids is 2. The minimum absolute atomic E-state index is 0.102. The average Bonchev–Trinajstić information content (AvgIpc) is 2.52. The Morgan fingerprint density at radius 3 is 2.28 bits per heavy atom. The summed E-state index contributed by atoms with van der Waals surface area (Å²) in [4.78, 5) is 25.9. The highest BCUT2D eigenvalue weighted by atomic mass is 35.5. The first-order chi connectivity index (χ1) is 11.8. The number of nitrogens with one attached hydrogen (secondary N) is 1. The van der Waals surface area contributed by atoms with E-state index < -0.39 is 0 Å². The van der Waals surface area contributed by atoms with Gasteiger partial charge in [0.15, 0.2) is 0 Å².